The van der Waals surface area contributed by atoms with Gasteiger partial charge in [0.15, 0.2) is 5.69 Å². The Balaban J connectivity index is 1.78. The third kappa shape index (κ3) is 4.16. The van der Waals surface area contributed by atoms with E-state index < -0.39 is 5.91 Å². The maximum absolute atomic E-state index is 12.1. The predicted octanol–water partition coefficient (Wildman–Crippen LogP) is 5.18. The van der Waals surface area contributed by atoms with E-state index in [0.717, 1.165) is 35.0 Å². The zero-order chi connectivity index (χ0) is 19.2. The Morgan fingerprint density at radius 2 is 1.89 bits per heavy atom. The van der Waals surface area contributed by atoms with Crippen molar-refractivity contribution in [2.75, 3.05) is 11.9 Å². The van der Waals surface area contributed by atoms with Gasteiger partial charge in [0.25, 0.3) is 5.91 Å². The van der Waals surface area contributed by atoms with Gasteiger partial charge in [0, 0.05) is 17.6 Å². The Morgan fingerprint density at radius 3 is 2.67 bits per heavy atom. The first-order valence-corrected chi connectivity index (χ1v) is 9.16. The molecule has 27 heavy (non-hydrogen) atoms. The second-order valence-corrected chi connectivity index (χ2v) is 6.46. The normalized spacial score (nSPS) is 11.3. The molecule has 0 aliphatic rings. The number of aromatic nitrogens is 1. The molecule has 6 heteroatoms. The van der Waals surface area contributed by atoms with Crippen LogP contribution in [0.5, 0.6) is 5.88 Å². The number of amides is 1. The molecule has 3 aromatic rings. The summed E-state index contributed by atoms with van der Waals surface area (Å²) in [5.41, 5.74) is 3.17. The van der Waals surface area contributed by atoms with Crippen molar-refractivity contribution < 1.29 is 9.90 Å². The number of aryl methyl sites for hydroxylation is 2. The van der Waals surface area contributed by atoms with Crippen LogP contribution in [0.3, 0.4) is 0 Å². The Hall–Kier alpha value is -3.15. The fourth-order valence-corrected chi connectivity index (χ4v) is 3.00. The van der Waals surface area contributed by atoms with Gasteiger partial charge in [-0.05, 0) is 31.0 Å². The van der Waals surface area contributed by atoms with Gasteiger partial charge in [-0.3, -0.25) is 4.79 Å². The highest BCUT2D eigenvalue weighted by Gasteiger charge is 2.16. The molecule has 0 spiro atoms. The Kier molecular flexibility index (Phi) is 5.86. The van der Waals surface area contributed by atoms with Crippen LogP contribution in [0.4, 0.5) is 11.4 Å². The molecule has 1 aromatic heterocycles. The van der Waals surface area contributed by atoms with Gasteiger partial charge in [-0.25, -0.2) is 0 Å². The van der Waals surface area contributed by atoms with Crippen molar-refractivity contribution in [3.63, 3.8) is 0 Å². The minimum atomic E-state index is -0.400. The number of hydrogen-bond donors (Lipinski definition) is 2. The Bertz CT molecular complexity index is 975. The number of aromatic hydroxyl groups is 1. The highest BCUT2D eigenvalue weighted by Crippen LogP contribution is 2.38. The number of azo groups is 1. The van der Waals surface area contributed by atoms with Gasteiger partial charge in [0.2, 0.25) is 5.88 Å². The average Bonchev–Trinajstić information content (AvgIpc) is 2.95. The summed E-state index contributed by atoms with van der Waals surface area (Å²) in [6.07, 6.45) is 1.97. The van der Waals surface area contributed by atoms with Crippen LogP contribution in [0.25, 0.3) is 10.9 Å². The van der Waals surface area contributed by atoms with Gasteiger partial charge >= 0.3 is 0 Å². The maximum Gasteiger partial charge on any atom is 0.283 e. The molecule has 0 aliphatic carbocycles. The average molecular weight is 364 g/mol. The molecular weight excluding hydrogens is 340 g/mol. The quantitative estimate of drug-likeness (QED) is 0.567. The van der Waals surface area contributed by atoms with E-state index in [1.165, 1.54) is 0 Å². The van der Waals surface area contributed by atoms with Crippen LogP contribution in [0.15, 0.2) is 58.8 Å². The Morgan fingerprint density at radius 1 is 1.15 bits per heavy atom. The van der Waals surface area contributed by atoms with E-state index >= 15 is 0 Å². The summed E-state index contributed by atoms with van der Waals surface area (Å²) in [7, 11) is 0. The maximum atomic E-state index is 12.1. The molecule has 140 valence electrons. The van der Waals surface area contributed by atoms with E-state index in [1.807, 2.05) is 60.0 Å². The van der Waals surface area contributed by atoms with E-state index in [9.17, 15) is 9.90 Å². The van der Waals surface area contributed by atoms with Crippen molar-refractivity contribution >= 4 is 28.2 Å². The molecule has 2 aromatic carbocycles. The fourth-order valence-electron chi connectivity index (χ4n) is 3.00. The summed E-state index contributed by atoms with van der Waals surface area (Å²) in [5.74, 6) is -0.351. The molecule has 1 amide bonds. The summed E-state index contributed by atoms with van der Waals surface area (Å²) in [5, 5.41) is 22.3. The summed E-state index contributed by atoms with van der Waals surface area (Å²) in [6, 6.07) is 15.3. The SMILES string of the molecule is CCCCn1c(O)c(N=NC(=O)CNc2ccccc2C)c2ccccc21. The van der Waals surface area contributed by atoms with Crippen molar-refractivity contribution in [1.82, 2.24) is 4.57 Å². The van der Waals surface area contributed by atoms with Crippen LogP contribution < -0.4 is 5.32 Å². The molecule has 6 nitrogen and oxygen atoms in total. The topological polar surface area (TPSA) is 79.0 Å². The molecule has 3 rings (SSSR count). The van der Waals surface area contributed by atoms with Crippen molar-refractivity contribution in [2.24, 2.45) is 10.2 Å². The first kappa shape index (κ1) is 18.6. The molecule has 2 N–H and O–H groups in total. The van der Waals surface area contributed by atoms with Crippen molar-refractivity contribution in [3.8, 4) is 5.88 Å². The summed E-state index contributed by atoms with van der Waals surface area (Å²) < 4.78 is 1.82. The zero-order valence-corrected chi connectivity index (χ0v) is 15.6. The summed E-state index contributed by atoms with van der Waals surface area (Å²) in [4.78, 5) is 12.1. The van der Waals surface area contributed by atoms with Crippen LogP contribution >= 0.6 is 0 Å². The number of carbonyl (C=O) groups excluding carboxylic acids is 1. The summed E-state index contributed by atoms with van der Waals surface area (Å²) in [6.45, 7) is 4.81. The smallest absolute Gasteiger partial charge is 0.283 e. The number of nitrogens with zero attached hydrogens (tertiary/aromatic N) is 3. The van der Waals surface area contributed by atoms with Gasteiger partial charge < -0.3 is 15.0 Å². The lowest BCUT2D eigenvalue weighted by molar-refractivity contribution is -0.116. The molecule has 0 radical (unpaired) electrons. The number of carbonyl (C=O) groups is 1. The number of hydrogen-bond acceptors (Lipinski definition) is 4. The van der Waals surface area contributed by atoms with E-state index in [4.69, 9.17) is 0 Å². The lowest BCUT2D eigenvalue weighted by Gasteiger charge is -2.06. The van der Waals surface area contributed by atoms with E-state index in [0.29, 0.717) is 12.2 Å². The number of unbranched alkanes of at least 4 members (excludes halogenated alkanes) is 1. The minimum absolute atomic E-state index is 0.0452. The second kappa shape index (κ2) is 8.49. The summed E-state index contributed by atoms with van der Waals surface area (Å²) >= 11 is 0. The highest BCUT2D eigenvalue weighted by atomic mass is 16.3. The molecule has 0 unspecified atom stereocenters. The predicted molar refractivity (Wildman–Crippen MR) is 108 cm³/mol. The fraction of sp³-hybridized carbons (Fsp3) is 0.286. The lowest BCUT2D eigenvalue weighted by atomic mass is 10.2. The van der Waals surface area contributed by atoms with Crippen molar-refractivity contribution in [2.45, 2.75) is 33.2 Å². The largest absolute Gasteiger partial charge is 0.493 e. The first-order chi connectivity index (χ1) is 13.1. The van der Waals surface area contributed by atoms with Crippen LogP contribution in [0, 0.1) is 6.92 Å². The third-order valence-corrected chi connectivity index (χ3v) is 4.49. The molecule has 0 fully saturated rings. The van der Waals surface area contributed by atoms with E-state index in [2.05, 4.69) is 22.5 Å². The van der Waals surface area contributed by atoms with E-state index in [1.54, 1.807) is 0 Å². The van der Waals surface area contributed by atoms with Crippen LogP contribution in [-0.4, -0.2) is 22.1 Å². The molecule has 0 saturated heterocycles. The molecular formula is C21H24N4O2. The van der Waals surface area contributed by atoms with Crippen LogP contribution in [0.2, 0.25) is 0 Å². The zero-order valence-electron chi connectivity index (χ0n) is 15.6. The Labute approximate surface area is 158 Å². The van der Waals surface area contributed by atoms with Crippen molar-refractivity contribution in [3.05, 3.63) is 54.1 Å². The first-order valence-electron chi connectivity index (χ1n) is 9.16. The third-order valence-electron chi connectivity index (χ3n) is 4.49. The number of anilines is 1. The van der Waals surface area contributed by atoms with Crippen LogP contribution in [0.1, 0.15) is 25.3 Å². The van der Waals surface area contributed by atoms with Crippen molar-refractivity contribution in [1.29, 1.82) is 0 Å². The van der Waals surface area contributed by atoms with Gasteiger partial charge in [0.05, 0.1) is 12.1 Å². The lowest BCUT2D eigenvalue weighted by Crippen LogP contribution is -2.11. The number of benzene rings is 2. The molecule has 1 heterocycles. The number of nitrogens with one attached hydrogen (secondary N) is 1. The van der Waals surface area contributed by atoms with Gasteiger partial charge in [-0.1, -0.05) is 49.7 Å². The minimum Gasteiger partial charge on any atom is -0.493 e. The molecule has 0 bridgehead atoms. The van der Waals surface area contributed by atoms with Gasteiger partial charge in [0.1, 0.15) is 0 Å². The number of rotatable bonds is 7. The second-order valence-electron chi connectivity index (χ2n) is 6.46. The monoisotopic (exact) mass is 364 g/mol. The molecule has 0 atom stereocenters. The molecule has 0 saturated carbocycles. The van der Waals surface area contributed by atoms with Crippen LogP contribution in [-0.2, 0) is 11.3 Å². The van der Waals surface area contributed by atoms with Gasteiger partial charge in [-0.2, -0.15) is 0 Å². The highest BCUT2D eigenvalue weighted by molar-refractivity contribution is 5.95. The van der Waals surface area contributed by atoms with Gasteiger partial charge in [-0.15, -0.1) is 10.2 Å². The number of fused-ring (bicyclic) bond motifs is 1. The molecule has 0 aliphatic heterocycles. The standard InChI is InChI=1S/C21H24N4O2/c1-3-4-13-25-18-12-8-6-10-16(18)20(21(25)27)24-23-19(26)14-22-17-11-7-5-9-15(17)2/h5-12,22,27H,3-4,13-14H2,1-2H3. The van der Waals surface area contributed by atoms with E-state index in [-0.39, 0.29) is 12.4 Å². The number of para-hydroxylation sites is 2.